The van der Waals surface area contributed by atoms with Gasteiger partial charge in [0.25, 0.3) is 5.91 Å². The highest BCUT2D eigenvalue weighted by atomic mass is 79.9. The van der Waals surface area contributed by atoms with Gasteiger partial charge in [-0.1, -0.05) is 28.1 Å². The molecule has 1 aromatic heterocycles. The van der Waals surface area contributed by atoms with E-state index in [1.807, 2.05) is 50.2 Å². The number of fused-ring (bicyclic) bond motifs is 1. The van der Waals surface area contributed by atoms with E-state index >= 15 is 0 Å². The molecule has 0 atom stereocenters. The zero-order valence-corrected chi connectivity index (χ0v) is 15.5. The lowest BCUT2D eigenvalue weighted by Crippen LogP contribution is -2.33. The van der Waals surface area contributed by atoms with Gasteiger partial charge in [-0.15, -0.1) is 0 Å². The summed E-state index contributed by atoms with van der Waals surface area (Å²) in [5, 5.41) is 6.39. The van der Waals surface area contributed by atoms with Gasteiger partial charge < -0.3 is 15.6 Å². The van der Waals surface area contributed by atoms with E-state index in [0.717, 1.165) is 32.2 Å². The molecule has 0 radical (unpaired) electrons. The minimum absolute atomic E-state index is 0.0920. The maximum atomic E-state index is 12.2. The first-order chi connectivity index (χ1) is 11.9. The molecule has 0 spiro atoms. The van der Waals surface area contributed by atoms with Crippen molar-refractivity contribution in [2.24, 2.45) is 0 Å². The smallest absolute Gasteiger partial charge is 0.268 e. The van der Waals surface area contributed by atoms with Gasteiger partial charge in [0.2, 0.25) is 5.91 Å². The number of nitrogens with one attached hydrogen (secondary N) is 3. The van der Waals surface area contributed by atoms with Crippen molar-refractivity contribution < 1.29 is 9.59 Å². The Morgan fingerprint density at radius 2 is 1.92 bits per heavy atom. The van der Waals surface area contributed by atoms with Crippen LogP contribution in [-0.4, -0.2) is 23.3 Å². The Morgan fingerprint density at radius 1 is 1.12 bits per heavy atom. The third-order valence-corrected chi connectivity index (χ3v) is 4.61. The van der Waals surface area contributed by atoms with Gasteiger partial charge in [0.1, 0.15) is 5.69 Å². The fourth-order valence-corrected chi connectivity index (χ4v) is 2.94. The molecule has 5 nitrogen and oxygen atoms in total. The summed E-state index contributed by atoms with van der Waals surface area (Å²) in [5.41, 5.74) is 4.17. The number of H-pyrrole nitrogens is 1. The largest absolute Gasteiger partial charge is 0.351 e. The van der Waals surface area contributed by atoms with Crippen LogP contribution in [0.4, 0.5) is 5.69 Å². The Kier molecular flexibility index (Phi) is 4.90. The predicted molar refractivity (Wildman–Crippen MR) is 103 cm³/mol. The highest BCUT2D eigenvalue weighted by Crippen LogP contribution is 2.20. The van der Waals surface area contributed by atoms with E-state index in [9.17, 15) is 9.59 Å². The highest BCUT2D eigenvalue weighted by Gasteiger charge is 2.12. The molecule has 0 unspecified atom stereocenters. The van der Waals surface area contributed by atoms with Gasteiger partial charge >= 0.3 is 0 Å². The van der Waals surface area contributed by atoms with Crippen LogP contribution in [0.5, 0.6) is 0 Å². The zero-order chi connectivity index (χ0) is 18.0. The minimum atomic E-state index is -0.316. The molecule has 0 aliphatic rings. The highest BCUT2D eigenvalue weighted by molar-refractivity contribution is 9.10. The van der Waals surface area contributed by atoms with Crippen LogP contribution in [0.2, 0.25) is 0 Å². The second kappa shape index (κ2) is 7.11. The molecule has 0 bridgehead atoms. The van der Waals surface area contributed by atoms with Crippen LogP contribution in [0.3, 0.4) is 0 Å². The molecule has 128 valence electrons. The van der Waals surface area contributed by atoms with E-state index in [1.54, 1.807) is 6.07 Å². The van der Waals surface area contributed by atoms with Crippen molar-refractivity contribution in [2.45, 2.75) is 13.8 Å². The van der Waals surface area contributed by atoms with Gasteiger partial charge in [-0.05, 0) is 55.3 Å². The van der Waals surface area contributed by atoms with Crippen molar-refractivity contribution in [3.63, 3.8) is 0 Å². The van der Waals surface area contributed by atoms with Crippen molar-refractivity contribution in [3.05, 3.63) is 63.8 Å². The van der Waals surface area contributed by atoms with Crippen LogP contribution < -0.4 is 10.6 Å². The number of benzene rings is 2. The SMILES string of the molecule is Cc1cccc(NC(=O)CNC(=O)c2cc3cc(Br)ccc3[nH]2)c1C. The second-order valence-electron chi connectivity index (χ2n) is 5.89. The lowest BCUT2D eigenvalue weighted by atomic mass is 10.1. The Morgan fingerprint density at radius 3 is 2.72 bits per heavy atom. The summed E-state index contributed by atoms with van der Waals surface area (Å²) in [4.78, 5) is 27.4. The molecule has 3 N–H and O–H groups in total. The third-order valence-electron chi connectivity index (χ3n) is 4.12. The standard InChI is InChI=1S/C19H18BrN3O2/c1-11-4-3-5-15(12(11)2)23-18(24)10-21-19(25)17-9-13-8-14(20)6-7-16(13)22-17/h3-9,22H,10H2,1-2H3,(H,21,25)(H,23,24). The minimum Gasteiger partial charge on any atom is -0.351 e. The van der Waals surface area contributed by atoms with Crippen molar-refractivity contribution in [2.75, 3.05) is 11.9 Å². The van der Waals surface area contributed by atoms with Crippen LogP contribution in [0, 0.1) is 13.8 Å². The van der Waals surface area contributed by atoms with Gasteiger partial charge in [-0.2, -0.15) is 0 Å². The number of rotatable bonds is 4. The van der Waals surface area contributed by atoms with Gasteiger partial charge in [0.15, 0.2) is 0 Å². The second-order valence-corrected chi connectivity index (χ2v) is 6.81. The summed E-state index contributed by atoms with van der Waals surface area (Å²) in [6.45, 7) is 3.85. The lowest BCUT2D eigenvalue weighted by Gasteiger charge is -2.10. The summed E-state index contributed by atoms with van der Waals surface area (Å²) >= 11 is 3.40. The maximum absolute atomic E-state index is 12.2. The molecule has 1 heterocycles. The predicted octanol–water partition coefficient (Wildman–Crippen LogP) is 3.92. The summed E-state index contributed by atoms with van der Waals surface area (Å²) < 4.78 is 0.943. The first-order valence-electron chi connectivity index (χ1n) is 7.86. The van der Waals surface area contributed by atoms with Crippen molar-refractivity contribution >= 4 is 44.3 Å². The molecule has 2 aromatic carbocycles. The van der Waals surface area contributed by atoms with E-state index < -0.39 is 0 Å². The van der Waals surface area contributed by atoms with E-state index in [4.69, 9.17) is 0 Å². The lowest BCUT2D eigenvalue weighted by molar-refractivity contribution is -0.115. The fourth-order valence-electron chi connectivity index (χ4n) is 2.56. The van der Waals surface area contributed by atoms with Crippen molar-refractivity contribution in [1.29, 1.82) is 0 Å². The van der Waals surface area contributed by atoms with E-state index in [2.05, 4.69) is 31.5 Å². The number of anilines is 1. The van der Waals surface area contributed by atoms with Gasteiger partial charge in [-0.25, -0.2) is 0 Å². The van der Waals surface area contributed by atoms with Crippen molar-refractivity contribution in [1.82, 2.24) is 10.3 Å². The molecule has 3 aromatic rings. The van der Waals surface area contributed by atoms with Crippen LogP contribution in [0.25, 0.3) is 10.9 Å². The van der Waals surface area contributed by atoms with E-state index in [0.29, 0.717) is 5.69 Å². The van der Waals surface area contributed by atoms with E-state index in [1.165, 1.54) is 0 Å². The van der Waals surface area contributed by atoms with Crippen molar-refractivity contribution in [3.8, 4) is 0 Å². The topological polar surface area (TPSA) is 74.0 Å². The van der Waals surface area contributed by atoms with Crippen LogP contribution in [-0.2, 0) is 4.79 Å². The number of aromatic nitrogens is 1. The monoisotopic (exact) mass is 399 g/mol. The summed E-state index contributed by atoms with van der Waals surface area (Å²) in [6.07, 6.45) is 0. The number of halogens is 1. The Hall–Kier alpha value is -2.60. The maximum Gasteiger partial charge on any atom is 0.268 e. The average Bonchev–Trinajstić information content (AvgIpc) is 3.00. The summed E-state index contributed by atoms with van der Waals surface area (Å²) in [6, 6.07) is 13.2. The Labute approximate surface area is 153 Å². The molecular weight excluding hydrogens is 382 g/mol. The zero-order valence-electron chi connectivity index (χ0n) is 13.9. The summed E-state index contributed by atoms with van der Waals surface area (Å²) in [5.74, 6) is -0.579. The number of hydrogen-bond donors (Lipinski definition) is 3. The van der Waals surface area contributed by atoms with Gasteiger partial charge in [-0.3, -0.25) is 9.59 Å². The molecular formula is C19H18BrN3O2. The van der Waals surface area contributed by atoms with Gasteiger partial charge in [0.05, 0.1) is 6.54 Å². The Bertz CT molecular complexity index is 962. The number of hydrogen-bond acceptors (Lipinski definition) is 2. The molecule has 0 fully saturated rings. The van der Waals surface area contributed by atoms with Crippen LogP contribution in [0.1, 0.15) is 21.6 Å². The Balaban J connectivity index is 1.63. The number of aromatic amines is 1. The number of amides is 2. The molecule has 0 saturated carbocycles. The van der Waals surface area contributed by atoms with Gasteiger partial charge in [0, 0.05) is 21.1 Å². The van der Waals surface area contributed by atoms with Crippen LogP contribution in [0.15, 0.2) is 46.9 Å². The number of carbonyl (C=O) groups is 2. The molecule has 2 amide bonds. The number of carbonyl (C=O) groups excluding carboxylic acids is 2. The van der Waals surface area contributed by atoms with E-state index in [-0.39, 0.29) is 18.4 Å². The summed E-state index contributed by atoms with van der Waals surface area (Å²) in [7, 11) is 0. The molecule has 0 saturated heterocycles. The third kappa shape index (κ3) is 3.91. The molecule has 25 heavy (non-hydrogen) atoms. The molecule has 0 aliphatic heterocycles. The first-order valence-corrected chi connectivity index (χ1v) is 8.66. The molecule has 3 rings (SSSR count). The molecule has 0 aliphatic carbocycles. The van der Waals surface area contributed by atoms with Crippen LogP contribution >= 0.6 is 15.9 Å². The number of aryl methyl sites for hydroxylation is 1. The molecule has 6 heteroatoms. The fraction of sp³-hybridized carbons (Fsp3) is 0.158. The quantitative estimate of drug-likeness (QED) is 0.621. The first kappa shape index (κ1) is 17.2. The average molecular weight is 400 g/mol. The normalized spacial score (nSPS) is 10.7.